The average Bonchev–Trinajstić information content (AvgIpc) is 3.15. The van der Waals surface area contributed by atoms with Crippen molar-refractivity contribution in [1.82, 2.24) is 9.47 Å². The molecule has 30 heavy (non-hydrogen) atoms. The Morgan fingerprint density at radius 1 is 1.20 bits per heavy atom. The number of aryl methyl sites for hydroxylation is 1. The van der Waals surface area contributed by atoms with E-state index < -0.39 is 23.2 Å². The summed E-state index contributed by atoms with van der Waals surface area (Å²) >= 11 is 6.98. The fraction of sp³-hybridized carbons (Fsp3) is 0.286. The maximum absolute atomic E-state index is 12.8. The van der Waals surface area contributed by atoms with Crippen molar-refractivity contribution in [2.45, 2.75) is 26.8 Å². The number of imide groups is 1. The monoisotopic (exact) mass is 448 g/mol. The summed E-state index contributed by atoms with van der Waals surface area (Å²) in [7, 11) is 2.80. The van der Waals surface area contributed by atoms with E-state index in [1.54, 1.807) is 31.4 Å². The molecule has 3 rings (SSSR count). The highest BCUT2D eigenvalue weighted by Gasteiger charge is 2.41. The lowest BCUT2D eigenvalue weighted by molar-refractivity contribution is -0.148. The third-order valence-electron chi connectivity index (χ3n) is 4.89. The van der Waals surface area contributed by atoms with E-state index >= 15 is 0 Å². The quantitative estimate of drug-likeness (QED) is 0.499. The van der Waals surface area contributed by atoms with Crippen molar-refractivity contribution in [3.8, 4) is 11.4 Å². The second-order valence-electron chi connectivity index (χ2n) is 6.73. The molecule has 1 aromatic carbocycles. The first-order chi connectivity index (χ1) is 14.2. The summed E-state index contributed by atoms with van der Waals surface area (Å²) in [5.74, 6) is -0.516. The first kappa shape index (κ1) is 22.0. The molecule has 0 bridgehead atoms. The third-order valence-corrected chi connectivity index (χ3v) is 6.01. The SMILES string of the molecule is COC(=O)[C@@H](C)N1C(=O)S/C(=C/c2cc(C)n(-c3cc(Cl)ccc3OC)c2C)C1=O. The van der Waals surface area contributed by atoms with E-state index in [1.165, 1.54) is 14.0 Å². The maximum atomic E-state index is 12.8. The van der Waals surface area contributed by atoms with Crippen LogP contribution < -0.4 is 4.74 Å². The van der Waals surface area contributed by atoms with Crippen LogP contribution in [0, 0.1) is 13.8 Å². The highest BCUT2D eigenvalue weighted by molar-refractivity contribution is 8.18. The van der Waals surface area contributed by atoms with Crippen LogP contribution in [-0.2, 0) is 14.3 Å². The zero-order valence-electron chi connectivity index (χ0n) is 17.2. The number of thioether (sulfide) groups is 1. The second kappa shape index (κ2) is 8.57. The Morgan fingerprint density at radius 3 is 2.53 bits per heavy atom. The number of halogens is 1. The third kappa shape index (κ3) is 3.85. The van der Waals surface area contributed by atoms with Gasteiger partial charge in [-0.2, -0.15) is 0 Å². The van der Waals surface area contributed by atoms with Crippen LogP contribution in [0.25, 0.3) is 11.8 Å². The normalized spacial score (nSPS) is 16.3. The molecule has 0 unspecified atom stereocenters. The average molecular weight is 449 g/mol. The highest BCUT2D eigenvalue weighted by atomic mass is 35.5. The Labute approximate surface area is 183 Å². The number of amides is 2. The van der Waals surface area contributed by atoms with Crippen molar-refractivity contribution in [2.75, 3.05) is 14.2 Å². The molecule has 0 aliphatic carbocycles. The molecule has 2 aromatic rings. The molecular formula is C21H21ClN2O5S. The van der Waals surface area contributed by atoms with Gasteiger partial charge in [0.15, 0.2) is 0 Å². The summed E-state index contributed by atoms with van der Waals surface area (Å²) in [6.45, 7) is 5.29. The molecule has 0 N–H and O–H groups in total. The van der Waals surface area contributed by atoms with Gasteiger partial charge < -0.3 is 14.0 Å². The van der Waals surface area contributed by atoms with Crippen molar-refractivity contribution in [3.63, 3.8) is 0 Å². The van der Waals surface area contributed by atoms with E-state index in [0.29, 0.717) is 10.8 Å². The van der Waals surface area contributed by atoms with Gasteiger partial charge in [0.05, 0.1) is 24.8 Å². The minimum Gasteiger partial charge on any atom is -0.495 e. The Bertz CT molecular complexity index is 1080. The zero-order valence-corrected chi connectivity index (χ0v) is 18.8. The Hall–Kier alpha value is -2.71. The van der Waals surface area contributed by atoms with Gasteiger partial charge in [-0.15, -0.1) is 0 Å². The van der Waals surface area contributed by atoms with Crippen molar-refractivity contribution >= 4 is 46.6 Å². The summed E-state index contributed by atoms with van der Waals surface area (Å²) in [6, 6.07) is 6.26. The lowest BCUT2D eigenvalue weighted by Crippen LogP contribution is -2.42. The van der Waals surface area contributed by atoms with Crippen LogP contribution in [0.5, 0.6) is 5.75 Å². The molecule has 1 fully saturated rings. The van der Waals surface area contributed by atoms with E-state index in [0.717, 1.165) is 39.3 Å². The molecule has 1 aliphatic rings. The van der Waals surface area contributed by atoms with E-state index in [9.17, 15) is 14.4 Å². The van der Waals surface area contributed by atoms with Gasteiger partial charge in [0.1, 0.15) is 11.8 Å². The molecule has 1 aliphatic heterocycles. The number of rotatable bonds is 5. The van der Waals surface area contributed by atoms with Crippen LogP contribution in [0.1, 0.15) is 23.9 Å². The Morgan fingerprint density at radius 2 is 1.90 bits per heavy atom. The summed E-state index contributed by atoms with van der Waals surface area (Å²) in [5.41, 5.74) is 3.29. The molecule has 9 heteroatoms. The predicted molar refractivity (Wildman–Crippen MR) is 116 cm³/mol. The zero-order chi connectivity index (χ0) is 22.2. The van der Waals surface area contributed by atoms with Gasteiger partial charge in [-0.25, -0.2) is 4.79 Å². The number of carbonyl (C=O) groups is 3. The van der Waals surface area contributed by atoms with Crippen LogP contribution >= 0.6 is 23.4 Å². The topological polar surface area (TPSA) is 77.8 Å². The molecular weight excluding hydrogens is 428 g/mol. The Balaban J connectivity index is 2.02. The van der Waals surface area contributed by atoms with Gasteiger partial charge in [0.2, 0.25) is 0 Å². The number of hydrogen-bond donors (Lipinski definition) is 0. The lowest BCUT2D eigenvalue weighted by Gasteiger charge is -2.18. The summed E-state index contributed by atoms with van der Waals surface area (Å²) in [5, 5.41) is 0.0623. The number of benzene rings is 1. The van der Waals surface area contributed by atoms with E-state index in [4.69, 9.17) is 16.3 Å². The molecule has 0 radical (unpaired) electrons. The molecule has 1 atom stereocenters. The number of esters is 1. The minimum atomic E-state index is -0.989. The van der Waals surface area contributed by atoms with Gasteiger partial charge in [0, 0.05) is 16.4 Å². The van der Waals surface area contributed by atoms with Crippen molar-refractivity contribution in [2.24, 2.45) is 0 Å². The van der Waals surface area contributed by atoms with E-state index in [2.05, 4.69) is 4.74 Å². The molecule has 158 valence electrons. The van der Waals surface area contributed by atoms with Crippen molar-refractivity contribution in [1.29, 1.82) is 0 Å². The number of carbonyl (C=O) groups excluding carboxylic acids is 3. The molecule has 0 saturated carbocycles. The smallest absolute Gasteiger partial charge is 0.328 e. The fourth-order valence-corrected chi connectivity index (χ4v) is 4.44. The van der Waals surface area contributed by atoms with Crippen molar-refractivity contribution in [3.05, 3.63) is 51.1 Å². The number of aromatic nitrogens is 1. The molecule has 2 heterocycles. The second-order valence-corrected chi connectivity index (χ2v) is 8.16. The molecule has 1 saturated heterocycles. The summed E-state index contributed by atoms with van der Waals surface area (Å²) in [6.07, 6.45) is 1.66. The maximum Gasteiger partial charge on any atom is 0.328 e. The number of hydrogen-bond acceptors (Lipinski definition) is 6. The lowest BCUT2D eigenvalue weighted by atomic mass is 10.2. The molecule has 7 nitrogen and oxygen atoms in total. The number of methoxy groups -OCH3 is 2. The predicted octanol–water partition coefficient (Wildman–Crippen LogP) is 4.35. The first-order valence-electron chi connectivity index (χ1n) is 9.07. The Kier molecular flexibility index (Phi) is 6.28. The van der Waals surface area contributed by atoms with Crippen LogP contribution in [-0.4, -0.2) is 46.8 Å². The van der Waals surface area contributed by atoms with Crippen LogP contribution in [0.15, 0.2) is 29.2 Å². The fourth-order valence-electron chi connectivity index (χ4n) is 3.37. The van der Waals surface area contributed by atoms with Crippen LogP contribution in [0.4, 0.5) is 4.79 Å². The molecule has 2 amide bonds. The number of ether oxygens (including phenoxy) is 2. The van der Waals surface area contributed by atoms with Gasteiger partial charge in [0.25, 0.3) is 11.1 Å². The minimum absolute atomic E-state index is 0.245. The molecule has 0 spiro atoms. The first-order valence-corrected chi connectivity index (χ1v) is 10.3. The number of nitrogens with zero attached hydrogens (tertiary/aromatic N) is 2. The van der Waals surface area contributed by atoms with Gasteiger partial charge in [-0.1, -0.05) is 11.6 Å². The summed E-state index contributed by atoms with van der Waals surface area (Å²) < 4.78 is 12.1. The highest BCUT2D eigenvalue weighted by Crippen LogP contribution is 2.36. The van der Waals surface area contributed by atoms with Crippen LogP contribution in [0.2, 0.25) is 5.02 Å². The van der Waals surface area contributed by atoms with Gasteiger partial charge in [-0.05, 0) is 68.4 Å². The van der Waals surface area contributed by atoms with Gasteiger partial charge in [-0.3, -0.25) is 14.5 Å². The van der Waals surface area contributed by atoms with Crippen LogP contribution in [0.3, 0.4) is 0 Å². The molecule has 1 aromatic heterocycles. The summed E-state index contributed by atoms with van der Waals surface area (Å²) in [4.78, 5) is 38.0. The van der Waals surface area contributed by atoms with E-state index in [1.807, 2.05) is 24.5 Å². The van der Waals surface area contributed by atoms with Crippen molar-refractivity contribution < 1.29 is 23.9 Å². The van der Waals surface area contributed by atoms with Gasteiger partial charge >= 0.3 is 5.97 Å². The largest absolute Gasteiger partial charge is 0.495 e. The standard InChI is InChI=1S/C21H21ClN2O5S/c1-11-8-14(12(2)23(11)16-10-15(22)6-7-17(16)28-4)9-18-19(25)24(21(27)30-18)13(3)20(26)29-5/h6-10,13H,1-5H3/b18-9+/t13-/m1/s1. The van der Waals surface area contributed by atoms with E-state index in [-0.39, 0.29) is 4.91 Å².